The SMILES string of the molecule is CS(=O)(=O)CCCCC(Br)C1CCCC1. The van der Waals surface area contributed by atoms with Gasteiger partial charge in [0.25, 0.3) is 0 Å². The lowest BCUT2D eigenvalue weighted by atomic mass is 10.00. The molecule has 0 radical (unpaired) electrons. The Bertz CT molecular complexity index is 268. The molecule has 1 saturated carbocycles. The normalized spacial score (nSPS) is 20.7. The second kappa shape index (κ2) is 6.24. The summed E-state index contributed by atoms with van der Waals surface area (Å²) in [5.74, 6) is 1.18. The first kappa shape index (κ1) is 13.5. The first-order valence-corrected chi connectivity index (χ1v) is 8.78. The molecule has 0 saturated heterocycles. The van der Waals surface area contributed by atoms with Crippen LogP contribution in [0.15, 0.2) is 0 Å². The summed E-state index contributed by atoms with van der Waals surface area (Å²) in [7, 11) is -2.76. The molecule has 1 unspecified atom stereocenters. The Balaban J connectivity index is 2.09. The molecule has 1 aliphatic carbocycles. The Hall–Kier alpha value is 0.430. The van der Waals surface area contributed by atoms with Crippen molar-refractivity contribution in [3.05, 3.63) is 0 Å². The minimum atomic E-state index is -2.76. The van der Waals surface area contributed by atoms with Gasteiger partial charge in [0.05, 0.1) is 0 Å². The van der Waals surface area contributed by atoms with Gasteiger partial charge in [0.2, 0.25) is 0 Å². The van der Waals surface area contributed by atoms with E-state index in [9.17, 15) is 8.42 Å². The molecule has 0 aromatic carbocycles. The van der Waals surface area contributed by atoms with Crippen molar-refractivity contribution in [3.63, 3.8) is 0 Å². The summed E-state index contributed by atoms with van der Waals surface area (Å²) in [5, 5.41) is 0. The van der Waals surface area contributed by atoms with E-state index in [-0.39, 0.29) is 0 Å². The lowest BCUT2D eigenvalue weighted by Crippen LogP contribution is -2.11. The van der Waals surface area contributed by atoms with E-state index in [0.29, 0.717) is 10.6 Å². The van der Waals surface area contributed by atoms with Gasteiger partial charge in [0, 0.05) is 16.8 Å². The van der Waals surface area contributed by atoms with Gasteiger partial charge in [-0.2, -0.15) is 0 Å². The fraction of sp³-hybridized carbons (Fsp3) is 1.00. The van der Waals surface area contributed by atoms with Crippen molar-refractivity contribution < 1.29 is 8.42 Å². The first-order valence-electron chi connectivity index (χ1n) is 5.81. The van der Waals surface area contributed by atoms with E-state index in [2.05, 4.69) is 15.9 Å². The van der Waals surface area contributed by atoms with Crippen LogP contribution >= 0.6 is 15.9 Å². The Morgan fingerprint density at radius 1 is 1.27 bits per heavy atom. The van der Waals surface area contributed by atoms with Gasteiger partial charge in [-0.1, -0.05) is 35.2 Å². The largest absolute Gasteiger partial charge is 0.229 e. The van der Waals surface area contributed by atoms with Crippen LogP contribution in [-0.4, -0.2) is 25.3 Å². The second-order valence-corrected chi connectivity index (χ2v) is 8.12. The van der Waals surface area contributed by atoms with Gasteiger partial charge in [-0.3, -0.25) is 0 Å². The van der Waals surface area contributed by atoms with E-state index >= 15 is 0 Å². The predicted octanol–water partition coefficient (Wildman–Crippen LogP) is 3.16. The van der Waals surface area contributed by atoms with E-state index in [1.54, 1.807) is 0 Å². The van der Waals surface area contributed by atoms with Gasteiger partial charge >= 0.3 is 0 Å². The Labute approximate surface area is 102 Å². The Morgan fingerprint density at radius 3 is 2.40 bits per heavy atom. The molecular formula is C11H21BrO2S. The minimum Gasteiger partial charge on any atom is -0.229 e. The minimum absolute atomic E-state index is 0.345. The third-order valence-corrected chi connectivity index (χ3v) is 5.39. The van der Waals surface area contributed by atoms with Gasteiger partial charge in [-0.15, -0.1) is 0 Å². The van der Waals surface area contributed by atoms with Crippen LogP contribution in [0.25, 0.3) is 0 Å². The molecule has 1 aliphatic rings. The van der Waals surface area contributed by atoms with Crippen LogP contribution in [0, 0.1) is 5.92 Å². The first-order chi connectivity index (χ1) is 6.99. The molecule has 0 heterocycles. The molecule has 0 aromatic rings. The Kier molecular flexibility index (Phi) is 5.61. The predicted molar refractivity (Wildman–Crippen MR) is 68.2 cm³/mol. The standard InChI is InChI=1S/C11H21BrO2S/c1-15(13,14)9-5-4-8-11(12)10-6-2-3-7-10/h10-11H,2-9H2,1H3. The van der Waals surface area contributed by atoms with Gasteiger partial charge in [0.1, 0.15) is 9.84 Å². The van der Waals surface area contributed by atoms with Gasteiger partial charge in [-0.05, 0) is 31.6 Å². The maximum Gasteiger partial charge on any atom is 0.147 e. The molecule has 0 aromatic heterocycles. The lowest BCUT2D eigenvalue weighted by Gasteiger charge is -2.16. The summed E-state index contributed by atoms with van der Waals surface area (Å²) in [6, 6.07) is 0. The molecule has 0 spiro atoms. The smallest absolute Gasteiger partial charge is 0.147 e. The highest BCUT2D eigenvalue weighted by atomic mass is 79.9. The van der Waals surface area contributed by atoms with Gasteiger partial charge < -0.3 is 0 Å². The quantitative estimate of drug-likeness (QED) is 0.557. The van der Waals surface area contributed by atoms with Crippen molar-refractivity contribution in [3.8, 4) is 0 Å². The van der Waals surface area contributed by atoms with Crippen molar-refractivity contribution in [1.82, 2.24) is 0 Å². The molecule has 15 heavy (non-hydrogen) atoms. The zero-order chi connectivity index (χ0) is 11.3. The van der Waals surface area contributed by atoms with Crippen molar-refractivity contribution in [1.29, 1.82) is 0 Å². The van der Waals surface area contributed by atoms with Crippen molar-refractivity contribution in [2.24, 2.45) is 5.92 Å². The molecule has 90 valence electrons. The number of rotatable bonds is 6. The molecule has 4 heteroatoms. The maximum atomic E-state index is 10.9. The molecular weight excluding hydrogens is 276 g/mol. The van der Waals surface area contributed by atoms with Crippen LogP contribution in [0.4, 0.5) is 0 Å². The van der Waals surface area contributed by atoms with Crippen molar-refractivity contribution in [2.75, 3.05) is 12.0 Å². The fourth-order valence-corrected chi connectivity index (χ4v) is 3.84. The van der Waals surface area contributed by atoms with Crippen LogP contribution in [-0.2, 0) is 9.84 Å². The summed E-state index contributed by atoms with van der Waals surface area (Å²) in [4.78, 5) is 0.611. The number of hydrogen-bond acceptors (Lipinski definition) is 2. The van der Waals surface area contributed by atoms with Crippen molar-refractivity contribution in [2.45, 2.75) is 49.8 Å². The highest BCUT2D eigenvalue weighted by Crippen LogP contribution is 2.33. The third-order valence-electron chi connectivity index (χ3n) is 3.16. The van der Waals surface area contributed by atoms with E-state index < -0.39 is 9.84 Å². The molecule has 0 aliphatic heterocycles. The monoisotopic (exact) mass is 296 g/mol. The molecule has 0 bridgehead atoms. The van der Waals surface area contributed by atoms with Crippen LogP contribution in [0.3, 0.4) is 0 Å². The molecule has 0 amide bonds. The van der Waals surface area contributed by atoms with E-state index in [1.165, 1.54) is 31.9 Å². The topological polar surface area (TPSA) is 34.1 Å². The number of halogens is 1. The summed E-state index contributed by atoms with van der Waals surface area (Å²) in [6.07, 6.45) is 9.72. The summed E-state index contributed by atoms with van der Waals surface area (Å²) >= 11 is 3.74. The van der Waals surface area contributed by atoms with Crippen LogP contribution in [0.1, 0.15) is 44.9 Å². The summed E-state index contributed by atoms with van der Waals surface area (Å²) in [5.41, 5.74) is 0. The lowest BCUT2D eigenvalue weighted by molar-refractivity contribution is 0.492. The van der Waals surface area contributed by atoms with Crippen LogP contribution in [0.5, 0.6) is 0 Å². The van der Waals surface area contributed by atoms with E-state index in [1.807, 2.05) is 0 Å². The average molecular weight is 297 g/mol. The summed E-state index contributed by atoms with van der Waals surface area (Å²) < 4.78 is 21.8. The van der Waals surface area contributed by atoms with Crippen LogP contribution < -0.4 is 0 Å². The Morgan fingerprint density at radius 2 is 1.87 bits per heavy atom. The number of unbranched alkanes of at least 4 members (excludes halogenated alkanes) is 1. The van der Waals surface area contributed by atoms with Gasteiger partial charge in [0.15, 0.2) is 0 Å². The average Bonchev–Trinajstić information content (AvgIpc) is 2.63. The van der Waals surface area contributed by atoms with E-state index in [4.69, 9.17) is 0 Å². The number of alkyl halides is 1. The zero-order valence-electron chi connectivity index (χ0n) is 9.41. The van der Waals surface area contributed by atoms with Crippen molar-refractivity contribution >= 4 is 25.8 Å². The molecule has 0 N–H and O–H groups in total. The molecule has 2 nitrogen and oxygen atoms in total. The second-order valence-electron chi connectivity index (χ2n) is 4.69. The highest BCUT2D eigenvalue weighted by Gasteiger charge is 2.22. The molecule has 1 atom stereocenters. The summed E-state index contributed by atoms with van der Waals surface area (Å²) in [6.45, 7) is 0. The molecule has 1 fully saturated rings. The van der Waals surface area contributed by atoms with E-state index in [0.717, 1.165) is 25.2 Å². The third kappa shape index (κ3) is 5.91. The number of sulfone groups is 1. The number of hydrogen-bond donors (Lipinski definition) is 0. The van der Waals surface area contributed by atoms with Crippen LogP contribution in [0.2, 0.25) is 0 Å². The van der Waals surface area contributed by atoms with Gasteiger partial charge in [-0.25, -0.2) is 8.42 Å². The molecule has 1 rings (SSSR count). The maximum absolute atomic E-state index is 10.9. The fourth-order valence-electron chi connectivity index (χ4n) is 2.26. The highest BCUT2D eigenvalue weighted by molar-refractivity contribution is 9.09. The zero-order valence-corrected chi connectivity index (χ0v) is 11.8.